The molecule has 0 atom stereocenters. The molecule has 6 heteroatoms. The summed E-state index contributed by atoms with van der Waals surface area (Å²) in [4.78, 5) is 12.4. The summed E-state index contributed by atoms with van der Waals surface area (Å²) in [6.07, 6.45) is 1.83. The van der Waals surface area contributed by atoms with E-state index < -0.39 is 0 Å². The Hall–Kier alpha value is -2.31. The van der Waals surface area contributed by atoms with Gasteiger partial charge in [0.1, 0.15) is 22.4 Å². The Morgan fingerprint density at radius 1 is 1.00 bits per heavy atom. The summed E-state index contributed by atoms with van der Waals surface area (Å²) in [6, 6.07) is 12.1. The number of hydrogen-bond donors (Lipinski definition) is 1. The molecule has 2 aromatic carbocycles. The van der Waals surface area contributed by atoms with Gasteiger partial charge in [0.05, 0.1) is 12.0 Å². The van der Waals surface area contributed by atoms with Crippen molar-refractivity contribution in [1.82, 2.24) is 5.32 Å². The Morgan fingerprint density at radius 3 is 2.00 bits per heavy atom. The molecule has 4 nitrogen and oxygen atoms in total. The maximum Gasteiger partial charge on any atom is 0.263 e. The monoisotopic (exact) mass is 469 g/mol. The molecule has 170 valence electrons. The normalized spacial score (nSPS) is 15.8. The van der Waals surface area contributed by atoms with Gasteiger partial charge in [0.2, 0.25) is 0 Å². The fraction of sp³-hybridized carbons (Fsp3) is 0.385. The second-order valence-corrected chi connectivity index (χ2v) is 11.7. The van der Waals surface area contributed by atoms with Gasteiger partial charge in [0, 0.05) is 11.1 Å². The standard InChI is InChI=1S/C26H31NO3S2/c1-25(2,3)19-12-17(13-20(22(19)29-7)26(4,5)6)15-30-18-10-8-16(9-11-18)14-21-23(28)27-24(31)32-21/h8-14H,15H2,1-7H3,(H,27,28,31)/b21-14+. The molecule has 3 rings (SSSR count). The molecule has 1 aliphatic heterocycles. The van der Waals surface area contributed by atoms with Crippen molar-refractivity contribution in [3.05, 3.63) is 63.6 Å². The minimum Gasteiger partial charge on any atom is -0.496 e. The molecule has 1 aliphatic rings. The highest BCUT2D eigenvalue weighted by atomic mass is 32.2. The van der Waals surface area contributed by atoms with E-state index in [0.29, 0.717) is 15.8 Å². The van der Waals surface area contributed by atoms with Gasteiger partial charge in [-0.25, -0.2) is 0 Å². The number of thiocarbonyl (C=S) groups is 1. The van der Waals surface area contributed by atoms with E-state index >= 15 is 0 Å². The van der Waals surface area contributed by atoms with Crippen LogP contribution in [0.15, 0.2) is 41.3 Å². The Kier molecular flexibility index (Phi) is 7.06. The number of methoxy groups -OCH3 is 1. The van der Waals surface area contributed by atoms with Crippen LogP contribution >= 0.6 is 24.0 Å². The molecule has 1 saturated heterocycles. The molecule has 1 heterocycles. The van der Waals surface area contributed by atoms with Crippen LogP contribution in [0.5, 0.6) is 11.5 Å². The first kappa shape index (κ1) is 24.3. The van der Waals surface area contributed by atoms with Gasteiger partial charge in [0.25, 0.3) is 5.91 Å². The van der Waals surface area contributed by atoms with Crippen LogP contribution in [0.4, 0.5) is 0 Å². The lowest BCUT2D eigenvalue weighted by atomic mass is 9.78. The lowest BCUT2D eigenvalue weighted by Crippen LogP contribution is -2.20. The summed E-state index contributed by atoms with van der Waals surface area (Å²) in [5, 5.41) is 2.63. The van der Waals surface area contributed by atoms with Crippen LogP contribution in [0, 0.1) is 0 Å². The van der Waals surface area contributed by atoms with Gasteiger partial charge in [-0.2, -0.15) is 0 Å². The molecule has 2 aromatic rings. The smallest absolute Gasteiger partial charge is 0.263 e. The van der Waals surface area contributed by atoms with Gasteiger partial charge < -0.3 is 14.8 Å². The maximum absolute atomic E-state index is 11.8. The van der Waals surface area contributed by atoms with Gasteiger partial charge in [0.15, 0.2) is 0 Å². The number of thioether (sulfide) groups is 1. The summed E-state index contributed by atoms with van der Waals surface area (Å²) < 4.78 is 12.4. The maximum atomic E-state index is 11.8. The predicted octanol–water partition coefficient (Wildman–Crippen LogP) is 6.36. The van der Waals surface area contributed by atoms with Gasteiger partial charge in [-0.15, -0.1) is 0 Å². The van der Waals surface area contributed by atoms with E-state index in [1.54, 1.807) is 7.11 Å². The Bertz CT molecular complexity index is 1020. The Balaban J connectivity index is 1.81. The van der Waals surface area contributed by atoms with E-state index in [1.807, 2.05) is 30.3 Å². The number of hydrogen-bond acceptors (Lipinski definition) is 5. The van der Waals surface area contributed by atoms with Gasteiger partial charge in [-0.1, -0.05) is 77.7 Å². The third-order valence-corrected chi connectivity index (χ3v) is 6.36. The van der Waals surface area contributed by atoms with Crippen molar-refractivity contribution in [2.75, 3.05) is 7.11 Å². The second-order valence-electron chi connectivity index (χ2n) is 9.93. The average Bonchev–Trinajstić information content (AvgIpc) is 3.02. The molecular formula is C26H31NO3S2. The highest BCUT2D eigenvalue weighted by molar-refractivity contribution is 8.26. The van der Waals surface area contributed by atoms with Crippen molar-refractivity contribution in [3.8, 4) is 11.5 Å². The zero-order valence-corrected chi connectivity index (χ0v) is 21.4. The van der Waals surface area contributed by atoms with Crippen molar-refractivity contribution < 1.29 is 14.3 Å². The van der Waals surface area contributed by atoms with Gasteiger partial charge in [-0.3, -0.25) is 4.79 Å². The lowest BCUT2D eigenvalue weighted by molar-refractivity contribution is -0.115. The molecule has 0 aromatic heterocycles. The van der Waals surface area contributed by atoms with Crippen LogP contribution in [0.2, 0.25) is 0 Å². The number of carbonyl (C=O) groups is 1. The first-order valence-corrected chi connectivity index (χ1v) is 11.8. The SMILES string of the molecule is COc1c(C(C)(C)C)cc(COc2ccc(/C=C3/SC(=S)NC3=O)cc2)cc1C(C)(C)C. The van der Waals surface area contributed by atoms with E-state index in [0.717, 1.165) is 22.6 Å². The van der Waals surface area contributed by atoms with Crippen molar-refractivity contribution in [3.63, 3.8) is 0 Å². The van der Waals surface area contributed by atoms with E-state index in [9.17, 15) is 4.79 Å². The number of rotatable bonds is 5. The minimum absolute atomic E-state index is 0.0522. The topological polar surface area (TPSA) is 47.6 Å². The fourth-order valence-electron chi connectivity index (χ4n) is 3.51. The zero-order chi connectivity index (χ0) is 23.7. The van der Waals surface area contributed by atoms with Crippen LogP contribution in [0.25, 0.3) is 6.08 Å². The average molecular weight is 470 g/mol. The van der Waals surface area contributed by atoms with Crippen LogP contribution < -0.4 is 14.8 Å². The van der Waals surface area contributed by atoms with Crippen LogP contribution in [-0.2, 0) is 22.2 Å². The molecule has 0 spiro atoms. The van der Waals surface area contributed by atoms with Gasteiger partial charge in [-0.05, 0) is 52.3 Å². The third-order valence-electron chi connectivity index (χ3n) is 5.19. The van der Waals surface area contributed by atoms with E-state index in [1.165, 1.54) is 22.9 Å². The molecule has 0 unspecified atom stereocenters. The highest BCUT2D eigenvalue weighted by Gasteiger charge is 2.27. The van der Waals surface area contributed by atoms with Crippen molar-refractivity contribution >= 4 is 40.3 Å². The van der Waals surface area contributed by atoms with Crippen molar-refractivity contribution in [2.24, 2.45) is 0 Å². The van der Waals surface area contributed by atoms with Gasteiger partial charge >= 0.3 is 0 Å². The second kappa shape index (κ2) is 9.28. The van der Waals surface area contributed by atoms with E-state index in [2.05, 4.69) is 59.0 Å². The minimum atomic E-state index is -0.149. The number of amides is 1. The Labute approximate surface area is 200 Å². The number of ether oxygens (including phenoxy) is 2. The quantitative estimate of drug-likeness (QED) is 0.408. The molecule has 0 aliphatic carbocycles. The van der Waals surface area contributed by atoms with Crippen molar-refractivity contribution in [2.45, 2.75) is 59.0 Å². The third kappa shape index (κ3) is 5.73. The molecule has 1 N–H and O–H groups in total. The largest absolute Gasteiger partial charge is 0.496 e. The molecule has 1 fully saturated rings. The number of nitrogens with one attached hydrogen (secondary N) is 1. The molecule has 0 bridgehead atoms. The summed E-state index contributed by atoms with van der Waals surface area (Å²) in [6.45, 7) is 13.7. The molecule has 32 heavy (non-hydrogen) atoms. The lowest BCUT2D eigenvalue weighted by Gasteiger charge is -2.30. The highest BCUT2D eigenvalue weighted by Crippen LogP contribution is 2.40. The van der Waals surface area contributed by atoms with Crippen LogP contribution in [-0.4, -0.2) is 17.3 Å². The Morgan fingerprint density at radius 2 is 1.56 bits per heavy atom. The van der Waals surface area contributed by atoms with Crippen LogP contribution in [0.3, 0.4) is 0 Å². The molecule has 0 radical (unpaired) electrons. The summed E-state index contributed by atoms with van der Waals surface area (Å²) >= 11 is 6.31. The number of carbonyl (C=O) groups excluding carboxylic acids is 1. The number of benzene rings is 2. The molecular weight excluding hydrogens is 438 g/mol. The summed E-state index contributed by atoms with van der Waals surface area (Å²) in [5.74, 6) is 1.58. The van der Waals surface area contributed by atoms with E-state index in [4.69, 9.17) is 21.7 Å². The predicted molar refractivity (Wildman–Crippen MR) is 137 cm³/mol. The molecule has 1 amide bonds. The molecule has 0 saturated carbocycles. The fourth-order valence-corrected chi connectivity index (χ4v) is 4.55. The first-order chi connectivity index (χ1) is 14.9. The zero-order valence-electron chi connectivity index (χ0n) is 19.8. The summed E-state index contributed by atoms with van der Waals surface area (Å²) in [5.41, 5.74) is 4.29. The van der Waals surface area contributed by atoms with Crippen LogP contribution in [0.1, 0.15) is 63.8 Å². The summed E-state index contributed by atoms with van der Waals surface area (Å²) in [7, 11) is 1.74. The first-order valence-electron chi connectivity index (χ1n) is 10.6. The van der Waals surface area contributed by atoms with Crippen molar-refractivity contribution in [1.29, 1.82) is 0 Å². The van der Waals surface area contributed by atoms with E-state index in [-0.39, 0.29) is 16.7 Å².